The Morgan fingerprint density at radius 3 is 3.17 bits per heavy atom. The third kappa shape index (κ3) is 2.93. The number of carbonyl (C=O) groups excluding carboxylic acids is 1. The Hall–Kier alpha value is -1.30. The highest BCUT2D eigenvalue weighted by molar-refractivity contribution is 9.10. The molecule has 1 aliphatic rings. The first kappa shape index (κ1) is 13.1. The van der Waals surface area contributed by atoms with Crippen LogP contribution in [-0.4, -0.2) is 25.7 Å². The van der Waals surface area contributed by atoms with Crippen molar-refractivity contribution in [3.8, 4) is 5.75 Å². The van der Waals surface area contributed by atoms with E-state index in [1.807, 2.05) is 0 Å². The Morgan fingerprint density at radius 1 is 1.67 bits per heavy atom. The van der Waals surface area contributed by atoms with Gasteiger partial charge >= 0.3 is 5.97 Å². The van der Waals surface area contributed by atoms with E-state index >= 15 is 0 Å². The van der Waals surface area contributed by atoms with Crippen LogP contribution in [0.15, 0.2) is 16.6 Å². The summed E-state index contributed by atoms with van der Waals surface area (Å²) in [6.45, 7) is 0.585. The zero-order valence-corrected chi connectivity index (χ0v) is 11.4. The van der Waals surface area contributed by atoms with Gasteiger partial charge in [-0.3, -0.25) is 4.79 Å². The van der Waals surface area contributed by atoms with Gasteiger partial charge in [0.25, 0.3) is 0 Å². The number of fused-ring (bicyclic) bond motifs is 1. The summed E-state index contributed by atoms with van der Waals surface area (Å²) in [6, 6.07) is 2.97. The first-order valence-electron chi connectivity index (χ1n) is 5.56. The maximum atomic E-state index is 13.4. The van der Waals surface area contributed by atoms with E-state index in [4.69, 9.17) is 4.74 Å². The molecule has 0 unspecified atom stereocenters. The van der Waals surface area contributed by atoms with Gasteiger partial charge < -0.3 is 14.8 Å². The van der Waals surface area contributed by atoms with Gasteiger partial charge in [0, 0.05) is 12.5 Å². The lowest BCUT2D eigenvalue weighted by molar-refractivity contribution is -0.141. The summed E-state index contributed by atoms with van der Waals surface area (Å²) in [6.07, 6.45) is 0.672. The van der Waals surface area contributed by atoms with Crippen molar-refractivity contribution in [2.75, 3.05) is 19.0 Å². The molecular weight excluding hydrogens is 305 g/mol. The van der Waals surface area contributed by atoms with E-state index in [0.29, 0.717) is 23.2 Å². The second-order valence-corrected chi connectivity index (χ2v) is 4.85. The smallest absolute Gasteiger partial charge is 0.305 e. The fourth-order valence-electron chi connectivity index (χ4n) is 1.75. The van der Waals surface area contributed by atoms with Gasteiger partial charge in [0.05, 0.1) is 23.8 Å². The topological polar surface area (TPSA) is 47.6 Å². The highest BCUT2D eigenvalue weighted by Crippen LogP contribution is 2.34. The first-order valence-corrected chi connectivity index (χ1v) is 6.36. The van der Waals surface area contributed by atoms with Crippen LogP contribution >= 0.6 is 15.9 Å². The summed E-state index contributed by atoms with van der Waals surface area (Å²) in [7, 11) is 1.35. The molecule has 6 heteroatoms. The summed E-state index contributed by atoms with van der Waals surface area (Å²) in [5.41, 5.74) is 0.748. The lowest BCUT2D eigenvalue weighted by atomic mass is 10.1. The van der Waals surface area contributed by atoms with Crippen LogP contribution in [0.4, 0.5) is 10.1 Å². The highest BCUT2D eigenvalue weighted by atomic mass is 79.9. The molecule has 98 valence electrons. The molecule has 2 rings (SSSR count). The molecule has 4 nitrogen and oxygen atoms in total. The third-order valence-electron chi connectivity index (χ3n) is 2.73. The minimum Gasteiger partial charge on any atom is -0.486 e. The molecule has 1 aromatic carbocycles. The van der Waals surface area contributed by atoms with Crippen molar-refractivity contribution >= 4 is 27.6 Å². The molecule has 0 bridgehead atoms. The fourth-order valence-corrected chi connectivity index (χ4v) is 2.09. The number of carbonyl (C=O) groups is 1. The van der Waals surface area contributed by atoms with E-state index < -0.39 is 0 Å². The first-order chi connectivity index (χ1) is 8.60. The Balaban J connectivity index is 2.01. The number of halogens is 2. The van der Waals surface area contributed by atoms with E-state index in [-0.39, 0.29) is 24.3 Å². The van der Waals surface area contributed by atoms with Crippen molar-refractivity contribution in [2.45, 2.75) is 18.9 Å². The quantitative estimate of drug-likeness (QED) is 0.871. The average Bonchev–Trinajstić information content (AvgIpc) is 2.37. The molecule has 0 spiro atoms. The molecule has 0 amide bonds. The third-order valence-corrected chi connectivity index (χ3v) is 3.34. The van der Waals surface area contributed by atoms with E-state index in [2.05, 4.69) is 26.0 Å². The Labute approximate surface area is 113 Å². The number of methoxy groups -OCH3 is 1. The number of hydrogen-bond donors (Lipinski definition) is 1. The average molecular weight is 318 g/mol. The molecule has 0 aromatic heterocycles. The van der Waals surface area contributed by atoms with Crippen molar-refractivity contribution in [3.63, 3.8) is 0 Å². The second-order valence-electron chi connectivity index (χ2n) is 4.00. The molecule has 1 atom stereocenters. The predicted molar refractivity (Wildman–Crippen MR) is 68.3 cm³/mol. The minimum absolute atomic E-state index is 0.155. The molecule has 1 aromatic rings. The second kappa shape index (κ2) is 5.56. The predicted octanol–water partition coefficient (Wildman–Crippen LogP) is 2.71. The molecule has 0 fully saturated rings. The Morgan fingerprint density at radius 2 is 2.44 bits per heavy atom. The van der Waals surface area contributed by atoms with E-state index in [1.54, 1.807) is 6.07 Å². The van der Waals surface area contributed by atoms with Crippen molar-refractivity contribution in [2.24, 2.45) is 0 Å². The molecule has 1 heterocycles. The van der Waals surface area contributed by atoms with Gasteiger partial charge in [-0.15, -0.1) is 0 Å². The summed E-state index contributed by atoms with van der Waals surface area (Å²) in [5, 5.41) is 3.15. The normalized spacial score (nSPS) is 17.4. The number of hydrogen-bond acceptors (Lipinski definition) is 4. The van der Waals surface area contributed by atoms with Crippen molar-refractivity contribution in [3.05, 3.63) is 22.4 Å². The summed E-state index contributed by atoms with van der Waals surface area (Å²) >= 11 is 3.12. The fraction of sp³-hybridized carbons (Fsp3) is 0.417. The summed E-state index contributed by atoms with van der Waals surface area (Å²) in [4.78, 5) is 11.0. The molecule has 0 saturated carbocycles. The monoisotopic (exact) mass is 317 g/mol. The van der Waals surface area contributed by atoms with Gasteiger partial charge in [-0.05, 0) is 28.4 Å². The molecular formula is C12H13BrFNO3. The summed E-state index contributed by atoms with van der Waals surface area (Å²) < 4.78 is 24.0. The zero-order valence-electron chi connectivity index (χ0n) is 9.83. The van der Waals surface area contributed by atoms with Crippen LogP contribution in [0.25, 0.3) is 0 Å². The zero-order chi connectivity index (χ0) is 13.1. The Bertz CT molecular complexity index is 467. The number of ether oxygens (including phenoxy) is 2. The van der Waals surface area contributed by atoms with Crippen LogP contribution in [0, 0.1) is 5.82 Å². The summed E-state index contributed by atoms with van der Waals surface area (Å²) in [5.74, 6) is -0.174. The van der Waals surface area contributed by atoms with E-state index in [1.165, 1.54) is 13.2 Å². The van der Waals surface area contributed by atoms with E-state index in [0.717, 1.165) is 5.69 Å². The molecule has 1 aliphatic heterocycles. The molecule has 0 saturated heterocycles. The largest absolute Gasteiger partial charge is 0.486 e. The Kier molecular flexibility index (Phi) is 4.06. The minimum atomic E-state index is -0.371. The molecule has 0 aliphatic carbocycles. The number of anilines is 1. The SMILES string of the molecule is COC(=O)CC[C@H]1CNc2cc(Br)c(F)cc2O1. The standard InChI is InChI=1S/C12H13BrFNO3/c1-17-12(16)3-2-7-6-15-10-4-8(13)9(14)5-11(10)18-7/h4-5,7,15H,2-3,6H2,1H3/t7-/m0/s1. The maximum Gasteiger partial charge on any atom is 0.305 e. The van der Waals surface area contributed by atoms with Gasteiger partial charge in [0.1, 0.15) is 17.7 Å². The van der Waals surface area contributed by atoms with Gasteiger partial charge in [0.2, 0.25) is 0 Å². The lowest BCUT2D eigenvalue weighted by Crippen LogP contribution is -2.31. The van der Waals surface area contributed by atoms with Crippen LogP contribution in [0.3, 0.4) is 0 Å². The van der Waals surface area contributed by atoms with Crippen LogP contribution in [0.2, 0.25) is 0 Å². The van der Waals surface area contributed by atoms with Gasteiger partial charge in [-0.1, -0.05) is 0 Å². The number of rotatable bonds is 3. The molecule has 1 N–H and O–H groups in total. The van der Waals surface area contributed by atoms with Gasteiger partial charge in [-0.2, -0.15) is 0 Å². The van der Waals surface area contributed by atoms with Crippen LogP contribution < -0.4 is 10.1 Å². The van der Waals surface area contributed by atoms with Crippen molar-refractivity contribution < 1.29 is 18.7 Å². The molecule has 18 heavy (non-hydrogen) atoms. The van der Waals surface area contributed by atoms with Gasteiger partial charge in [0.15, 0.2) is 0 Å². The van der Waals surface area contributed by atoms with Crippen LogP contribution in [0.5, 0.6) is 5.75 Å². The van der Waals surface area contributed by atoms with Crippen LogP contribution in [0.1, 0.15) is 12.8 Å². The van der Waals surface area contributed by atoms with Crippen LogP contribution in [-0.2, 0) is 9.53 Å². The van der Waals surface area contributed by atoms with E-state index in [9.17, 15) is 9.18 Å². The number of esters is 1. The lowest BCUT2D eigenvalue weighted by Gasteiger charge is -2.27. The number of nitrogens with one attached hydrogen (secondary N) is 1. The highest BCUT2D eigenvalue weighted by Gasteiger charge is 2.21. The maximum absolute atomic E-state index is 13.4. The van der Waals surface area contributed by atoms with Gasteiger partial charge in [-0.25, -0.2) is 4.39 Å². The van der Waals surface area contributed by atoms with Crippen molar-refractivity contribution in [1.82, 2.24) is 0 Å². The number of benzene rings is 1. The van der Waals surface area contributed by atoms with Crippen molar-refractivity contribution in [1.29, 1.82) is 0 Å². The molecule has 0 radical (unpaired) electrons.